The Hall–Kier alpha value is -1.40. The highest BCUT2D eigenvalue weighted by Gasteiger charge is 2.21. The largest absolute Gasteiger partial charge is 0.471 e. The van der Waals surface area contributed by atoms with Gasteiger partial charge in [0.2, 0.25) is 5.88 Å². The standard InChI is InChI=1S/C15H24N4O2/c1-12(2)18-4-6-19(7-5-18)14-9-16-10-15(17-14)21-13-3-8-20-11-13/h9-10,12-13H,3-8,11H2,1-2H3. The molecule has 2 aliphatic rings. The Kier molecular flexibility index (Phi) is 4.55. The van der Waals surface area contributed by atoms with Crippen LogP contribution in [0.15, 0.2) is 12.4 Å². The van der Waals surface area contributed by atoms with Gasteiger partial charge in [-0.3, -0.25) is 9.88 Å². The van der Waals surface area contributed by atoms with Crippen LogP contribution in [-0.2, 0) is 4.74 Å². The lowest BCUT2D eigenvalue weighted by molar-refractivity contribution is 0.137. The first-order valence-corrected chi connectivity index (χ1v) is 7.78. The van der Waals surface area contributed by atoms with E-state index in [2.05, 4.69) is 33.6 Å². The summed E-state index contributed by atoms with van der Waals surface area (Å²) < 4.78 is 11.2. The van der Waals surface area contributed by atoms with E-state index in [1.807, 2.05) is 6.20 Å². The van der Waals surface area contributed by atoms with Crippen molar-refractivity contribution in [3.63, 3.8) is 0 Å². The van der Waals surface area contributed by atoms with Crippen molar-refractivity contribution in [2.45, 2.75) is 32.4 Å². The van der Waals surface area contributed by atoms with E-state index in [0.717, 1.165) is 45.0 Å². The second-order valence-electron chi connectivity index (χ2n) is 5.94. The average Bonchev–Trinajstić information content (AvgIpc) is 3.00. The quantitative estimate of drug-likeness (QED) is 0.830. The van der Waals surface area contributed by atoms with E-state index in [1.165, 1.54) is 0 Å². The molecule has 3 heterocycles. The highest BCUT2D eigenvalue weighted by atomic mass is 16.5. The molecule has 0 saturated carbocycles. The maximum Gasteiger partial charge on any atom is 0.234 e. The second kappa shape index (κ2) is 6.58. The zero-order valence-electron chi connectivity index (χ0n) is 12.9. The number of hydrogen-bond acceptors (Lipinski definition) is 6. The average molecular weight is 292 g/mol. The van der Waals surface area contributed by atoms with Gasteiger partial charge in [0.25, 0.3) is 0 Å². The number of anilines is 1. The number of ether oxygens (including phenoxy) is 2. The molecular formula is C15H24N4O2. The Morgan fingerprint density at radius 3 is 2.71 bits per heavy atom. The van der Waals surface area contributed by atoms with Gasteiger partial charge in [-0.2, -0.15) is 4.98 Å². The van der Waals surface area contributed by atoms with Crippen molar-refractivity contribution in [2.75, 3.05) is 44.3 Å². The molecule has 6 nitrogen and oxygen atoms in total. The lowest BCUT2D eigenvalue weighted by atomic mass is 10.2. The van der Waals surface area contributed by atoms with Gasteiger partial charge in [-0.1, -0.05) is 0 Å². The van der Waals surface area contributed by atoms with E-state index in [0.29, 0.717) is 18.5 Å². The first-order valence-electron chi connectivity index (χ1n) is 7.78. The van der Waals surface area contributed by atoms with Crippen LogP contribution in [0.25, 0.3) is 0 Å². The summed E-state index contributed by atoms with van der Waals surface area (Å²) in [5.41, 5.74) is 0. The smallest absolute Gasteiger partial charge is 0.234 e. The summed E-state index contributed by atoms with van der Waals surface area (Å²) >= 11 is 0. The van der Waals surface area contributed by atoms with Crippen LogP contribution in [0.1, 0.15) is 20.3 Å². The van der Waals surface area contributed by atoms with Gasteiger partial charge >= 0.3 is 0 Å². The van der Waals surface area contributed by atoms with Crippen LogP contribution in [0.5, 0.6) is 5.88 Å². The zero-order chi connectivity index (χ0) is 14.7. The van der Waals surface area contributed by atoms with Gasteiger partial charge < -0.3 is 14.4 Å². The van der Waals surface area contributed by atoms with Crippen LogP contribution < -0.4 is 9.64 Å². The molecule has 0 aromatic carbocycles. The fourth-order valence-electron chi connectivity index (χ4n) is 2.79. The molecule has 0 N–H and O–H groups in total. The van der Waals surface area contributed by atoms with Gasteiger partial charge in [0, 0.05) is 38.6 Å². The molecule has 3 rings (SSSR count). The van der Waals surface area contributed by atoms with Crippen molar-refractivity contribution >= 4 is 5.82 Å². The van der Waals surface area contributed by atoms with Crippen molar-refractivity contribution in [3.8, 4) is 5.88 Å². The molecule has 1 atom stereocenters. The molecular weight excluding hydrogens is 268 g/mol. The Labute approximate surface area is 126 Å². The van der Waals surface area contributed by atoms with Crippen LogP contribution in [-0.4, -0.2) is 66.4 Å². The molecule has 2 aliphatic heterocycles. The number of hydrogen-bond donors (Lipinski definition) is 0. The predicted octanol–water partition coefficient (Wildman–Crippen LogP) is 1.17. The molecule has 0 bridgehead atoms. The lowest BCUT2D eigenvalue weighted by Crippen LogP contribution is -2.49. The van der Waals surface area contributed by atoms with Crippen LogP contribution in [0.2, 0.25) is 0 Å². The minimum Gasteiger partial charge on any atom is -0.471 e. The Bertz CT molecular complexity index is 455. The van der Waals surface area contributed by atoms with Crippen molar-refractivity contribution in [3.05, 3.63) is 12.4 Å². The van der Waals surface area contributed by atoms with Crippen LogP contribution in [0.3, 0.4) is 0 Å². The molecule has 0 aliphatic carbocycles. The number of piperazine rings is 1. The molecule has 21 heavy (non-hydrogen) atoms. The van der Waals surface area contributed by atoms with E-state index >= 15 is 0 Å². The number of rotatable bonds is 4. The summed E-state index contributed by atoms with van der Waals surface area (Å²) in [6.45, 7) is 10.0. The Balaban J connectivity index is 1.60. The van der Waals surface area contributed by atoms with Gasteiger partial charge in [-0.25, -0.2) is 0 Å². The molecule has 2 fully saturated rings. The van der Waals surface area contributed by atoms with E-state index in [9.17, 15) is 0 Å². The molecule has 1 aromatic heterocycles. The molecule has 0 spiro atoms. The summed E-state index contributed by atoms with van der Waals surface area (Å²) in [6.07, 6.45) is 4.56. The normalized spacial score (nSPS) is 23.8. The maximum atomic E-state index is 5.83. The van der Waals surface area contributed by atoms with Crippen molar-refractivity contribution < 1.29 is 9.47 Å². The molecule has 1 unspecified atom stereocenters. The summed E-state index contributed by atoms with van der Waals surface area (Å²) in [5, 5.41) is 0. The summed E-state index contributed by atoms with van der Waals surface area (Å²) in [6, 6.07) is 0.607. The summed E-state index contributed by atoms with van der Waals surface area (Å²) in [4.78, 5) is 13.6. The zero-order valence-corrected chi connectivity index (χ0v) is 12.9. The van der Waals surface area contributed by atoms with Crippen molar-refractivity contribution in [1.82, 2.24) is 14.9 Å². The van der Waals surface area contributed by atoms with Crippen LogP contribution >= 0.6 is 0 Å². The molecule has 116 valence electrons. The summed E-state index contributed by atoms with van der Waals surface area (Å²) in [5.74, 6) is 1.52. The van der Waals surface area contributed by atoms with E-state index < -0.39 is 0 Å². The maximum absolute atomic E-state index is 5.83. The van der Waals surface area contributed by atoms with E-state index in [1.54, 1.807) is 6.20 Å². The van der Waals surface area contributed by atoms with E-state index in [4.69, 9.17) is 9.47 Å². The fraction of sp³-hybridized carbons (Fsp3) is 0.733. The number of nitrogens with zero attached hydrogens (tertiary/aromatic N) is 4. The van der Waals surface area contributed by atoms with Crippen molar-refractivity contribution in [2.24, 2.45) is 0 Å². The topological polar surface area (TPSA) is 50.7 Å². The van der Waals surface area contributed by atoms with Gasteiger partial charge in [0.1, 0.15) is 6.10 Å². The van der Waals surface area contributed by atoms with Crippen molar-refractivity contribution in [1.29, 1.82) is 0 Å². The first-order chi connectivity index (χ1) is 10.2. The van der Waals surface area contributed by atoms with Gasteiger partial charge in [0.05, 0.1) is 25.6 Å². The minimum atomic E-state index is 0.118. The monoisotopic (exact) mass is 292 g/mol. The Morgan fingerprint density at radius 1 is 1.24 bits per heavy atom. The first kappa shape index (κ1) is 14.5. The third kappa shape index (κ3) is 3.63. The van der Waals surface area contributed by atoms with E-state index in [-0.39, 0.29) is 6.10 Å². The minimum absolute atomic E-state index is 0.118. The predicted molar refractivity (Wildman–Crippen MR) is 80.8 cm³/mol. The highest BCUT2D eigenvalue weighted by molar-refractivity contribution is 5.38. The lowest BCUT2D eigenvalue weighted by Gasteiger charge is -2.37. The second-order valence-corrected chi connectivity index (χ2v) is 5.94. The molecule has 0 amide bonds. The molecule has 6 heteroatoms. The highest BCUT2D eigenvalue weighted by Crippen LogP contribution is 2.19. The third-order valence-corrected chi connectivity index (χ3v) is 4.14. The number of aromatic nitrogens is 2. The molecule has 2 saturated heterocycles. The van der Waals surface area contributed by atoms with Gasteiger partial charge in [-0.05, 0) is 13.8 Å². The third-order valence-electron chi connectivity index (χ3n) is 4.14. The van der Waals surface area contributed by atoms with Crippen LogP contribution in [0.4, 0.5) is 5.82 Å². The fourth-order valence-corrected chi connectivity index (χ4v) is 2.79. The summed E-state index contributed by atoms with van der Waals surface area (Å²) in [7, 11) is 0. The molecule has 0 radical (unpaired) electrons. The van der Waals surface area contributed by atoms with Gasteiger partial charge in [-0.15, -0.1) is 0 Å². The van der Waals surface area contributed by atoms with Gasteiger partial charge in [0.15, 0.2) is 5.82 Å². The molecule has 1 aromatic rings. The Morgan fingerprint density at radius 2 is 2.05 bits per heavy atom. The SMILES string of the molecule is CC(C)N1CCN(c2cncc(OC3CCOC3)n2)CC1. The van der Waals surface area contributed by atoms with Crippen LogP contribution in [0, 0.1) is 0 Å².